The van der Waals surface area contributed by atoms with Crippen molar-refractivity contribution in [3.8, 4) is 0 Å². The van der Waals surface area contributed by atoms with Crippen LogP contribution in [0, 0.1) is 0 Å². The van der Waals surface area contributed by atoms with Gasteiger partial charge in [-0.05, 0) is 30.2 Å². The van der Waals surface area contributed by atoms with E-state index in [1.54, 1.807) is 0 Å². The van der Waals surface area contributed by atoms with E-state index in [9.17, 15) is 5.11 Å². The molecule has 1 aromatic rings. The molecule has 2 rings (SSSR count). The second kappa shape index (κ2) is 4.72. The van der Waals surface area contributed by atoms with Gasteiger partial charge in [0.25, 0.3) is 0 Å². The maximum absolute atomic E-state index is 9.23. The lowest BCUT2D eigenvalue weighted by Crippen LogP contribution is -2.22. The van der Waals surface area contributed by atoms with Gasteiger partial charge in [-0.2, -0.15) is 0 Å². The lowest BCUT2D eigenvalue weighted by atomic mass is 10.1. The highest BCUT2D eigenvalue weighted by atomic mass is 16.3. The fourth-order valence-corrected chi connectivity index (χ4v) is 1.98. The van der Waals surface area contributed by atoms with Gasteiger partial charge >= 0.3 is 0 Å². The van der Waals surface area contributed by atoms with Crippen molar-refractivity contribution in [1.29, 1.82) is 0 Å². The molecule has 0 radical (unpaired) electrons. The van der Waals surface area contributed by atoms with Crippen LogP contribution in [0.15, 0.2) is 18.2 Å². The molecule has 0 saturated carbocycles. The Balaban J connectivity index is 2.02. The van der Waals surface area contributed by atoms with Gasteiger partial charge in [0, 0.05) is 31.5 Å². The molecule has 1 aliphatic heterocycles. The smallest absolute Gasteiger partial charge is 0.0942 e. The van der Waals surface area contributed by atoms with Gasteiger partial charge in [-0.3, -0.25) is 0 Å². The fraction of sp³-hybridized carbons (Fsp3) is 0.500. The van der Waals surface area contributed by atoms with E-state index in [1.165, 1.54) is 11.3 Å². The number of fused-ring (bicyclic) bond motifs is 1. The average molecular weight is 222 g/mol. The molecule has 0 saturated heterocycles. The number of hydrogen-bond donors (Lipinski definition) is 3. The Labute approximate surface area is 95.5 Å². The molecular formula is C12H18N2O2. The zero-order valence-electron chi connectivity index (χ0n) is 9.48. The van der Waals surface area contributed by atoms with Gasteiger partial charge in [0.15, 0.2) is 0 Å². The van der Waals surface area contributed by atoms with Gasteiger partial charge in [0.05, 0.1) is 12.7 Å². The Kier molecular flexibility index (Phi) is 3.31. The number of nitrogens with one attached hydrogen (secondary N) is 1. The molecule has 0 spiro atoms. The monoisotopic (exact) mass is 222 g/mol. The van der Waals surface area contributed by atoms with E-state index >= 15 is 0 Å². The summed E-state index contributed by atoms with van der Waals surface area (Å²) in [5.41, 5.74) is 3.63. The molecule has 1 aliphatic rings. The number of nitrogens with zero attached hydrogens (tertiary/aromatic N) is 1. The standard InChI is InChI=1S/C12H18N2O2/c1-14-5-4-9-6-10(2-3-12(9)14)13-7-11(16)8-15/h2-3,6,11,13,15-16H,4-5,7-8H2,1H3. The minimum absolute atomic E-state index is 0.208. The van der Waals surface area contributed by atoms with Gasteiger partial charge in [0.2, 0.25) is 0 Å². The van der Waals surface area contributed by atoms with Crippen LogP contribution in [0.25, 0.3) is 0 Å². The van der Waals surface area contributed by atoms with Gasteiger partial charge in [-0.15, -0.1) is 0 Å². The van der Waals surface area contributed by atoms with Crippen molar-refractivity contribution < 1.29 is 10.2 Å². The molecule has 1 atom stereocenters. The lowest BCUT2D eigenvalue weighted by Gasteiger charge is -2.14. The molecule has 1 heterocycles. The van der Waals surface area contributed by atoms with Crippen molar-refractivity contribution in [3.05, 3.63) is 23.8 Å². The number of anilines is 2. The molecule has 1 aromatic carbocycles. The first kappa shape index (κ1) is 11.2. The summed E-state index contributed by atoms with van der Waals surface area (Å²) < 4.78 is 0. The average Bonchev–Trinajstić information content (AvgIpc) is 2.67. The predicted molar refractivity (Wildman–Crippen MR) is 65.0 cm³/mol. The van der Waals surface area contributed by atoms with Crippen LogP contribution in [0.3, 0.4) is 0 Å². The molecule has 3 N–H and O–H groups in total. The Hall–Kier alpha value is -1.26. The third kappa shape index (κ3) is 2.28. The minimum atomic E-state index is -0.698. The van der Waals surface area contributed by atoms with E-state index in [1.807, 2.05) is 6.07 Å². The maximum atomic E-state index is 9.23. The minimum Gasteiger partial charge on any atom is -0.394 e. The van der Waals surface area contributed by atoms with Gasteiger partial charge in [0.1, 0.15) is 0 Å². The SMILES string of the molecule is CN1CCc2cc(NCC(O)CO)ccc21. The summed E-state index contributed by atoms with van der Waals surface area (Å²) in [6, 6.07) is 6.21. The highest BCUT2D eigenvalue weighted by Crippen LogP contribution is 2.28. The highest BCUT2D eigenvalue weighted by Gasteiger charge is 2.15. The number of benzene rings is 1. The van der Waals surface area contributed by atoms with Crippen molar-refractivity contribution in [1.82, 2.24) is 0 Å². The molecule has 0 fully saturated rings. The molecule has 0 bridgehead atoms. The van der Waals surface area contributed by atoms with Crippen LogP contribution in [0.5, 0.6) is 0 Å². The van der Waals surface area contributed by atoms with Gasteiger partial charge in [-0.1, -0.05) is 0 Å². The summed E-state index contributed by atoms with van der Waals surface area (Å²) >= 11 is 0. The molecule has 0 amide bonds. The highest BCUT2D eigenvalue weighted by molar-refractivity contribution is 5.63. The molecule has 0 aliphatic carbocycles. The normalized spacial score (nSPS) is 16.1. The molecule has 88 valence electrons. The summed E-state index contributed by atoms with van der Waals surface area (Å²) in [7, 11) is 2.09. The van der Waals surface area contributed by atoms with Crippen LogP contribution in [0.4, 0.5) is 11.4 Å². The van der Waals surface area contributed by atoms with Crippen molar-refractivity contribution in [2.24, 2.45) is 0 Å². The van der Waals surface area contributed by atoms with Crippen molar-refractivity contribution in [2.45, 2.75) is 12.5 Å². The Morgan fingerprint density at radius 1 is 1.50 bits per heavy atom. The zero-order valence-corrected chi connectivity index (χ0v) is 9.48. The first-order valence-electron chi connectivity index (χ1n) is 5.57. The Morgan fingerprint density at radius 2 is 2.31 bits per heavy atom. The Bertz CT molecular complexity index is 368. The van der Waals surface area contributed by atoms with E-state index in [0.29, 0.717) is 6.54 Å². The fourth-order valence-electron chi connectivity index (χ4n) is 1.98. The van der Waals surface area contributed by atoms with E-state index in [4.69, 9.17) is 5.11 Å². The molecule has 4 nitrogen and oxygen atoms in total. The van der Waals surface area contributed by atoms with Crippen LogP contribution < -0.4 is 10.2 Å². The van der Waals surface area contributed by atoms with E-state index < -0.39 is 6.10 Å². The molecule has 1 unspecified atom stereocenters. The van der Waals surface area contributed by atoms with Gasteiger partial charge < -0.3 is 20.4 Å². The van der Waals surface area contributed by atoms with Crippen molar-refractivity contribution >= 4 is 11.4 Å². The third-order valence-corrected chi connectivity index (χ3v) is 2.96. The number of rotatable bonds is 4. The lowest BCUT2D eigenvalue weighted by molar-refractivity contribution is 0.105. The summed E-state index contributed by atoms with van der Waals surface area (Å²) in [6.45, 7) is 1.24. The first-order valence-corrected chi connectivity index (χ1v) is 5.57. The summed E-state index contributed by atoms with van der Waals surface area (Å²) in [5, 5.41) is 21.1. The summed E-state index contributed by atoms with van der Waals surface area (Å²) in [5.74, 6) is 0. The van der Waals surface area contributed by atoms with E-state index in [0.717, 1.165) is 18.7 Å². The molecular weight excluding hydrogens is 204 g/mol. The molecule has 0 aromatic heterocycles. The Morgan fingerprint density at radius 3 is 3.06 bits per heavy atom. The maximum Gasteiger partial charge on any atom is 0.0942 e. The second-order valence-corrected chi connectivity index (χ2v) is 4.23. The molecule has 16 heavy (non-hydrogen) atoms. The van der Waals surface area contributed by atoms with E-state index in [-0.39, 0.29) is 6.61 Å². The quantitative estimate of drug-likeness (QED) is 0.692. The summed E-state index contributed by atoms with van der Waals surface area (Å²) in [4.78, 5) is 2.24. The summed E-state index contributed by atoms with van der Waals surface area (Å²) in [6.07, 6.45) is 0.375. The third-order valence-electron chi connectivity index (χ3n) is 2.96. The van der Waals surface area contributed by atoms with Crippen LogP contribution in [-0.2, 0) is 6.42 Å². The van der Waals surface area contributed by atoms with E-state index in [2.05, 4.69) is 29.4 Å². The number of hydrogen-bond acceptors (Lipinski definition) is 4. The van der Waals surface area contributed by atoms with Crippen molar-refractivity contribution in [2.75, 3.05) is 37.0 Å². The van der Waals surface area contributed by atoms with Crippen LogP contribution in [0.1, 0.15) is 5.56 Å². The number of aliphatic hydroxyl groups is 2. The number of aliphatic hydroxyl groups excluding tert-OH is 2. The van der Waals surface area contributed by atoms with Crippen LogP contribution >= 0.6 is 0 Å². The topological polar surface area (TPSA) is 55.7 Å². The second-order valence-electron chi connectivity index (χ2n) is 4.23. The van der Waals surface area contributed by atoms with Crippen LogP contribution in [-0.4, -0.2) is 43.1 Å². The first-order chi connectivity index (χ1) is 7.70. The van der Waals surface area contributed by atoms with Crippen molar-refractivity contribution in [3.63, 3.8) is 0 Å². The zero-order chi connectivity index (χ0) is 11.5. The van der Waals surface area contributed by atoms with Crippen LogP contribution in [0.2, 0.25) is 0 Å². The molecule has 4 heteroatoms. The predicted octanol–water partition coefficient (Wildman–Crippen LogP) is 0.444. The largest absolute Gasteiger partial charge is 0.394 e. The number of likely N-dealkylation sites (N-methyl/N-ethyl adjacent to an activating group) is 1. The van der Waals surface area contributed by atoms with Gasteiger partial charge in [-0.25, -0.2) is 0 Å².